The van der Waals surface area contributed by atoms with Gasteiger partial charge in [-0.15, -0.1) is 0 Å². The van der Waals surface area contributed by atoms with Gasteiger partial charge in [0.2, 0.25) is 0 Å². The van der Waals surface area contributed by atoms with E-state index in [-0.39, 0.29) is 0 Å². The molecule has 2 nitrogen and oxygen atoms in total. The molecule has 3 heteroatoms. The molecule has 1 aromatic carbocycles. The van der Waals surface area contributed by atoms with E-state index in [0.717, 1.165) is 24.5 Å². The standard InChI is InChI=1S/C12H15ClN2/c1-8-7-15-11(6-14-8)4-9-2-3-10(13)5-12(9)15/h2-3,5,8,11,14H,4,6-7H2,1H3. The molecule has 0 spiro atoms. The molecule has 1 N–H and O–H groups in total. The number of piperazine rings is 1. The Bertz CT molecular complexity index is 391. The van der Waals surface area contributed by atoms with Crippen molar-refractivity contribution < 1.29 is 0 Å². The number of anilines is 1. The SMILES string of the molecule is CC1CN2c3cc(Cl)ccc3CC2CN1. The summed E-state index contributed by atoms with van der Waals surface area (Å²) in [6.07, 6.45) is 1.16. The van der Waals surface area contributed by atoms with Gasteiger partial charge in [-0.25, -0.2) is 0 Å². The van der Waals surface area contributed by atoms with Crippen LogP contribution < -0.4 is 10.2 Å². The Hall–Kier alpha value is -0.730. The minimum absolute atomic E-state index is 0.575. The van der Waals surface area contributed by atoms with Gasteiger partial charge in [-0.1, -0.05) is 17.7 Å². The van der Waals surface area contributed by atoms with Crippen LogP contribution in [0.15, 0.2) is 18.2 Å². The predicted molar refractivity (Wildman–Crippen MR) is 63.8 cm³/mol. The molecule has 80 valence electrons. The van der Waals surface area contributed by atoms with Crippen molar-refractivity contribution in [3.63, 3.8) is 0 Å². The molecule has 3 rings (SSSR count). The molecule has 2 aliphatic rings. The molecule has 15 heavy (non-hydrogen) atoms. The van der Waals surface area contributed by atoms with Crippen LogP contribution in [-0.4, -0.2) is 25.2 Å². The zero-order valence-electron chi connectivity index (χ0n) is 8.83. The predicted octanol–water partition coefficient (Wildman–Crippen LogP) is 2.06. The fourth-order valence-electron chi connectivity index (χ4n) is 2.66. The average molecular weight is 223 g/mol. The number of halogens is 1. The maximum Gasteiger partial charge on any atom is 0.0456 e. The molecule has 0 aliphatic carbocycles. The monoisotopic (exact) mass is 222 g/mol. The number of nitrogens with zero attached hydrogens (tertiary/aromatic N) is 1. The molecule has 0 bridgehead atoms. The largest absolute Gasteiger partial charge is 0.365 e. The van der Waals surface area contributed by atoms with E-state index < -0.39 is 0 Å². The molecule has 2 aliphatic heterocycles. The number of fused-ring (bicyclic) bond motifs is 3. The summed E-state index contributed by atoms with van der Waals surface area (Å²) >= 11 is 6.05. The smallest absolute Gasteiger partial charge is 0.0456 e. The van der Waals surface area contributed by atoms with E-state index in [4.69, 9.17) is 11.6 Å². The highest BCUT2D eigenvalue weighted by Gasteiger charge is 2.33. The minimum Gasteiger partial charge on any atom is -0.365 e. The number of nitrogens with one attached hydrogen (secondary N) is 1. The highest BCUT2D eigenvalue weighted by molar-refractivity contribution is 6.30. The van der Waals surface area contributed by atoms with E-state index in [2.05, 4.69) is 29.3 Å². The molecule has 2 unspecified atom stereocenters. The Balaban J connectivity index is 1.98. The van der Waals surface area contributed by atoms with Crippen LogP contribution in [0.2, 0.25) is 5.02 Å². The highest BCUT2D eigenvalue weighted by atomic mass is 35.5. The summed E-state index contributed by atoms with van der Waals surface area (Å²) in [6.45, 7) is 4.42. The Kier molecular flexibility index (Phi) is 2.15. The van der Waals surface area contributed by atoms with Gasteiger partial charge in [0.05, 0.1) is 0 Å². The Morgan fingerprint density at radius 2 is 2.33 bits per heavy atom. The van der Waals surface area contributed by atoms with Gasteiger partial charge in [-0.2, -0.15) is 0 Å². The van der Waals surface area contributed by atoms with Gasteiger partial charge in [-0.05, 0) is 31.0 Å². The second-order valence-corrected chi connectivity index (χ2v) is 5.03. The number of rotatable bonds is 0. The van der Waals surface area contributed by atoms with Crippen molar-refractivity contribution in [2.24, 2.45) is 0 Å². The molecule has 1 saturated heterocycles. The first-order valence-corrected chi connectivity index (χ1v) is 5.90. The Morgan fingerprint density at radius 1 is 1.47 bits per heavy atom. The van der Waals surface area contributed by atoms with Gasteiger partial charge in [0.1, 0.15) is 0 Å². The second kappa shape index (κ2) is 3.39. The van der Waals surface area contributed by atoms with Crippen LogP contribution in [0.4, 0.5) is 5.69 Å². The van der Waals surface area contributed by atoms with Gasteiger partial charge < -0.3 is 10.2 Å². The van der Waals surface area contributed by atoms with Gasteiger partial charge in [0, 0.05) is 35.9 Å². The third-order valence-electron chi connectivity index (χ3n) is 3.43. The lowest BCUT2D eigenvalue weighted by atomic mass is 10.1. The highest BCUT2D eigenvalue weighted by Crippen LogP contribution is 2.35. The van der Waals surface area contributed by atoms with Crippen LogP contribution >= 0.6 is 11.6 Å². The first-order valence-electron chi connectivity index (χ1n) is 5.52. The molecule has 0 amide bonds. The lowest BCUT2D eigenvalue weighted by molar-refractivity contribution is 0.422. The average Bonchev–Trinajstić information content (AvgIpc) is 2.56. The van der Waals surface area contributed by atoms with E-state index in [9.17, 15) is 0 Å². The van der Waals surface area contributed by atoms with Crippen molar-refractivity contribution in [3.05, 3.63) is 28.8 Å². The van der Waals surface area contributed by atoms with Crippen LogP contribution in [0, 0.1) is 0 Å². The molecular weight excluding hydrogens is 208 g/mol. The van der Waals surface area contributed by atoms with Crippen molar-refractivity contribution >= 4 is 17.3 Å². The van der Waals surface area contributed by atoms with Crippen molar-refractivity contribution in [3.8, 4) is 0 Å². The number of hydrogen-bond donors (Lipinski definition) is 1. The second-order valence-electron chi connectivity index (χ2n) is 4.59. The maximum atomic E-state index is 6.05. The van der Waals surface area contributed by atoms with Gasteiger partial charge in [0.15, 0.2) is 0 Å². The fraction of sp³-hybridized carbons (Fsp3) is 0.500. The van der Waals surface area contributed by atoms with E-state index in [1.165, 1.54) is 11.3 Å². The van der Waals surface area contributed by atoms with E-state index in [1.807, 2.05) is 6.07 Å². The first kappa shape index (κ1) is 9.49. The Morgan fingerprint density at radius 3 is 3.20 bits per heavy atom. The number of hydrogen-bond acceptors (Lipinski definition) is 2. The van der Waals surface area contributed by atoms with Crippen molar-refractivity contribution in [1.82, 2.24) is 5.32 Å². The van der Waals surface area contributed by atoms with E-state index in [1.54, 1.807) is 0 Å². The maximum absolute atomic E-state index is 6.05. The van der Waals surface area contributed by atoms with Gasteiger partial charge in [-0.3, -0.25) is 0 Å². The van der Waals surface area contributed by atoms with Crippen molar-refractivity contribution in [2.45, 2.75) is 25.4 Å². The molecule has 2 heterocycles. The lowest BCUT2D eigenvalue weighted by Gasteiger charge is -2.36. The molecule has 0 saturated carbocycles. The molecule has 0 radical (unpaired) electrons. The van der Waals surface area contributed by atoms with Crippen molar-refractivity contribution in [2.75, 3.05) is 18.0 Å². The Labute approximate surface area is 95.2 Å². The molecule has 1 fully saturated rings. The fourth-order valence-corrected chi connectivity index (χ4v) is 2.83. The summed E-state index contributed by atoms with van der Waals surface area (Å²) in [5.74, 6) is 0. The minimum atomic E-state index is 0.575. The molecule has 0 aromatic heterocycles. The zero-order chi connectivity index (χ0) is 10.4. The molecule has 1 aromatic rings. The summed E-state index contributed by atoms with van der Waals surface area (Å²) in [5.41, 5.74) is 2.79. The van der Waals surface area contributed by atoms with Crippen LogP contribution in [0.25, 0.3) is 0 Å². The summed E-state index contributed by atoms with van der Waals surface area (Å²) in [4.78, 5) is 2.50. The molecule has 2 atom stereocenters. The van der Waals surface area contributed by atoms with Crippen LogP contribution in [-0.2, 0) is 6.42 Å². The molecular formula is C12H15ClN2. The van der Waals surface area contributed by atoms with E-state index >= 15 is 0 Å². The normalized spacial score (nSPS) is 28.8. The van der Waals surface area contributed by atoms with Gasteiger partial charge in [0.25, 0.3) is 0 Å². The quantitative estimate of drug-likeness (QED) is 0.723. The number of benzene rings is 1. The van der Waals surface area contributed by atoms with Gasteiger partial charge >= 0.3 is 0 Å². The lowest BCUT2D eigenvalue weighted by Crippen LogP contribution is -2.54. The third kappa shape index (κ3) is 1.52. The van der Waals surface area contributed by atoms with Crippen LogP contribution in [0.1, 0.15) is 12.5 Å². The third-order valence-corrected chi connectivity index (χ3v) is 3.66. The summed E-state index contributed by atoms with van der Waals surface area (Å²) in [6, 6.07) is 7.48. The van der Waals surface area contributed by atoms with Crippen molar-refractivity contribution in [1.29, 1.82) is 0 Å². The first-order chi connectivity index (χ1) is 7.24. The van der Waals surface area contributed by atoms with Crippen LogP contribution in [0.5, 0.6) is 0 Å². The topological polar surface area (TPSA) is 15.3 Å². The van der Waals surface area contributed by atoms with Crippen LogP contribution in [0.3, 0.4) is 0 Å². The summed E-state index contributed by atoms with van der Waals surface area (Å²) < 4.78 is 0. The summed E-state index contributed by atoms with van der Waals surface area (Å²) in [7, 11) is 0. The van der Waals surface area contributed by atoms with E-state index in [0.29, 0.717) is 12.1 Å². The summed E-state index contributed by atoms with van der Waals surface area (Å²) in [5, 5.41) is 4.38. The zero-order valence-corrected chi connectivity index (χ0v) is 9.59.